The van der Waals surface area contributed by atoms with Crippen molar-refractivity contribution in [1.82, 2.24) is 0 Å². The molecular formula is C42H74NO3+. The molecule has 1 aliphatic heterocycles. The normalized spacial score (nSPS) is 45.6. The Morgan fingerprint density at radius 1 is 0.761 bits per heavy atom. The summed E-state index contributed by atoms with van der Waals surface area (Å²) in [6, 6.07) is 0. The van der Waals surface area contributed by atoms with Crippen molar-refractivity contribution in [2.75, 3.05) is 33.8 Å². The van der Waals surface area contributed by atoms with Crippen LogP contribution in [0.1, 0.15) is 158 Å². The molecule has 1 unspecified atom stereocenters. The Labute approximate surface area is 284 Å². The zero-order chi connectivity index (χ0) is 33.4. The minimum absolute atomic E-state index is 0.00906. The van der Waals surface area contributed by atoms with E-state index in [1.807, 2.05) is 0 Å². The van der Waals surface area contributed by atoms with Gasteiger partial charge in [-0.15, -0.1) is 0 Å². The number of hydrogen-bond donors (Lipinski definition) is 0. The summed E-state index contributed by atoms with van der Waals surface area (Å²) in [7, 11) is 4.43. The van der Waals surface area contributed by atoms with Gasteiger partial charge >= 0.3 is 5.97 Å². The molecule has 2 bridgehead atoms. The van der Waals surface area contributed by atoms with Crippen molar-refractivity contribution < 1.29 is 18.8 Å². The van der Waals surface area contributed by atoms with E-state index in [4.69, 9.17) is 9.47 Å². The predicted molar refractivity (Wildman–Crippen MR) is 189 cm³/mol. The van der Waals surface area contributed by atoms with Gasteiger partial charge in [0, 0.05) is 5.41 Å². The summed E-state index contributed by atoms with van der Waals surface area (Å²) in [6.45, 7) is 23.0. The van der Waals surface area contributed by atoms with E-state index in [1.165, 1.54) is 96.3 Å². The minimum atomic E-state index is 0.00906. The van der Waals surface area contributed by atoms with Crippen molar-refractivity contribution in [3.63, 3.8) is 0 Å². The Hall–Kier alpha value is -0.610. The van der Waals surface area contributed by atoms with Gasteiger partial charge in [-0.2, -0.15) is 0 Å². The van der Waals surface area contributed by atoms with E-state index in [1.54, 1.807) is 0 Å². The van der Waals surface area contributed by atoms with Crippen LogP contribution in [0.5, 0.6) is 0 Å². The summed E-state index contributed by atoms with van der Waals surface area (Å²) in [4.78, 5) is 13.5. The number of carbonyl (C=O) groups is 1. The number of hydrogen-bond acceptors (Lipinski definition) is 3. The van der Waals surface area contributed by atoms with E-state index in [0.29, 0.717) is 45.6 Å². The molecule has 5 saturated carbocycles. The molecule has 0 aromatic carbocycles. The molecule has 4 heteroatoms. The fourth-order valence-electron chi connectivity index (χ4n) is 14.1. The van der Waals surface area contributed by atoms with Gasteiger partial charge in [-0.1, -0.05) is 81.1 Å². The summed E-state index contributed by atoms with van der Waals surface area (Å²) >= 11 is 0. The second kappa shape index (κ2) is 12.0. The molecule has 10 atom stereocenters. The first-order valence-electron chi connectivity index (χ1n) is 20.1. The van der Waals surface area contributed by atoms with Crippen LogP contribution in [-0.2, 0) is 14.3 Å². The number of nitrogens with zero attached hydrogens (tertiary/aromatic N) is 1. The van der Waals surface area contributed by atoms with Crippen LogP contribution in [0.3, 0.4) is 0 Å². The van der Waals surface area contributed by atoms with Gasteiger partial charge in [0.1, 0.15) is 6.10 Å². The molecule has 5 aliphatic carbocycles. The highest BCUT2D eigenvalue weighted by Crippen LogP contribution is 2.78. The number of rotatable bonds is 10. The van der Waals surface area contributed by atoms with Crippen LogP contribution in [0.2, 0.25) is 0 Å². The van der Waals surface area contributed by atoms with E-state index in [0.717, 1.165) is 41.8 Å². The molecule has 0 amide bonds. The molecule has 0 spiro atoms. The van der Waals surface area contributed by atoms with Crippen molar-refractivity contribution >= 4 is 5.97 Å². The standard InChI is InChI=1S/C42H74NO3/c1-11-12-13-14-15-16-27-43(9,10)28-34(44)46-33-20-21-39(6)31(38(33,4)5)19-22-41(8)32(39)18-17-30-35-36-37(2,3)23-25-42(35,29-45-36)26-24-40(30,41)7/h30-33,35-36H,11-29H2,1-10H3/q+1/t30-,31?,32-,33+,35+,36-,39+,40-,41-,42-/m1/s1. The van der Waals surface area contributed by atoms with Crippen LogP contribution >= 0.6 is 0 Å². The number of likely N-dealkylation sites (N-methyl/N-ethyl adjacent to an activating group) is 1. The zero-order valence-electron chi connectivity index (χ0n) is 32.1. The highest BCUT2D eigenvalue weighted by Gasteiger charge is 2.73. The smallest absolute Gasteiger partial charge is 0.362 e. The van der Waals surface area contributed by atoms with E-state index in [9.17, 15) is 4.79 Å². The Bertz CT molecular complexity index is 1130. The van der Waals surface area contributed by atoms with Gasteiger partial charge in [0.2, 0.25) is 0 Å². The van der Waals surface area contributed by atoms with Gasteiger partial charge in [0.05, 0.1) is 33.4 Å². The monoisotopic (exact) mass is 641 g/mol. The fourth-order valence-corrected chi connectivity index (χ4v) is 14.1. The highest BCUT2D eigenvalue weighted by atomic mass is 16.5. The first kappa shape index (κ1) is 35.2. The molecule has 46 heavy (non-hydrogen) atoms. The maximum Gasteiger partial charge on any atom is 0.362 e. The highest BCUT2D eigenvalue weighted by molar-refractivity contribution is 5.70. The SMILES string of the molecule is CCCCCCCC[N+](C)(C)CC(=O)O[C@H]1CC[C@@]2(C)C(CC[C@]3(C)[C@@H]2CC[C@@H]2[C@H]4[C@H]5OC[C@@]4(CCC5(C)C)CC[C@]23C)C1(C)C. The van der Waals surface area contributed by atoms with Gasteiger partial charge < -0.3 is 14.0 Å². The molecule has 1 heterocycles. The molecule has 0 N–H and O–H groups in total. The molecule has 0 radical (unpaired) electrons. The summed E-state index contributed by atoms with van der Waals surface area (Å²) in [6.07, 6.45) is 21.4. The first-order chi connectivity index (χ1) is 21.5. The quantitative estimate of drug-likeness (QED) is 0.135. The molecule has 6 fully saturated rings. The van der Waals surface area contributed by atoms with Gasteiger partial charge in [0.25, 0.3) is 0 Å². The molecule has 1 saturated heterocycles. The van der Waals surface area contributed by atoms with Crippen molar-refractivity contribution in [2.24, 2.45) is 56.2 Å². The first-order valence-corrected chi connectivity index (χ1v) is 20.1. The average Bonchev–Trinajstić information content (AvgIpc) is 3.30. The van der Waals surface area contributed by atoms with Crippen molar-refractivity contribution in [3.05, 3.63) is 0 Å². The lowest BCUT2D eigenvalue weighted by Gasteiger charge is -2.73. The van der Waals surface area contributed by atoms with Crippen LogP contribution in [0, 0.1) is 56.2 Å². The van der Waals surface area contributed by atoms with Gasteiger partial charge in [0.15, 0.2) is 6.54 Å². The van der Waals surface area contributed by atoms with E-state index >= 15 is 0 Å². The van der Waals surface area contributed by atoms with Gasteiger partial charge in [-0.3, -0.25) is 0 Å². The van der Waals surface area contributed by atoms with Crippen LogP contribution in [-0.4, -0.2) is 56.5 Å². The molecule has 0 aromatic heterocycles. The third-order valence-electron chi connectivity index (χ3n) is 17.0. The van der Waals surface area contributed by atoms with Crippen molar-refractivity contribution in [1.29, 1.82) is 0 Å². The number of carbonyl (C=O) groups excluding carboxylic acids is 1. The molecular weight excluding hydrogens is 566 g/mol. The number of esters is 1. The molecule has 6 aliphatic rings. The van der Waals surface area contributed by atoms with Crippen molar-refractivity contribution in [3.8, 4) is 0 Å². The third kappa shape index (κ3) is 5.47. The Morgan fingerprint density at radius 2 is 1.46 bits per heavy atom. The average molecular weight is 641 g/mol. The number of quaternary nitrogens is 1. The minimum Gasteiger partial charge on any atom is -0.458 e. The maximum absolute atomic E-state index is 13.5. The van der Waals surface area contributed by atoms with E-state index in [-0.39, 0.29) is 17.5 Å². The van der Waals surface area contributed by atoms with E-state index in [2.05, 4.69) is 69.5 Å². The summed E-state index contributed by atoms with van der Waals surface area (Å²) < 4.78 is 14.0. The lowest BCUT2D eigenvalue weighted by atomic mass is 9.31. The lowest BCUT2D eigenvalue weighted by Crippen LogP contribution is -2.68. The van der Waals surface area contributed by atoms with Crippen LogP contribution in [0.25, 0.3) is 0 Å². The number of fused-ring (bicyclic) bond motifs is 5. The molecule has 4 nitrogen and oxygen atoms in total. The second-order valence-electron chi connectivity index (χ2n) is 20.7. The van der Waals surface area contributed by atoms with Crippen LogP contribution < -0.4 is 0 Å². The molecule has 0 aromatic rings. The fraction of sp³-hybridized carbons (Fsp3) is 0.976. The zero-order valence-corrected chi connectivity index (χ0v) is 32.1. The topological polar surface area (TPSA) is 35.5 Å². The summed E-state index contributed by atoms with van der Waals surface area (Å²) in [5, 5.41) is 0. The maximum atomic E-state index is 13.5. The lowest BCUT2D eigenvalue weighted by molar-refractivity contribution is -0.883. The number of unbranched alkanes of at least 4 members (excludes halogenated alkanes) is 5. The Kier molecular flexibility index (Phi) is 9.20. The Balaban J connectivity index is 1.13. The van der Waals surface area contributed by atoms with Gasteiger partial charge in [-0.25, -0.2) is 4.79 Å². The van der Waals surface area contributed by atoms with Gasteiger partial charge in [-0.05, 0) is 128 Å². The molecule has 264 valence electrons. The third-order valence-corrected chi connectivity index (χ3v) is 17.0. The predicted octanol–water partition coefficient (Wildman–Crippen LogP) is 10.2. The summed E-state index contributed by atoms with van der Waals surface area (Å²) in [5.41, 5.74) is 1.87. The Morgan fingerprint density at radius 3 is 2.20 bits per heavy atom. The van der Waals surface area contributed by atoms with E-state index < -0.39 is 0 Å². The van der Waals surface area contributed by atoms with Crippen molar-refractivity contribution in [2.45, 2.75) is 170 Å². The number of ether oxygens (including phenoxy) is 2. The second-order valence-corrected chi connectivity index (χ2v) is 20.7. The molecule has 6 rings (SSSR count). The van der Waals surface area contributed by atoms with Crippen LogP contribution in [0.4, 0.5) is 0 Å². The van der Waals surface area contributed by atoms with Crippen LogP contribution in [0.15, 0.2) is 0 Å². The largest absolute Gasteiger partial charge is 0.458 e. The summed E-state index contributed by atoms with van der Waals surface area (Å²) in [5.74, 6) is 2.95.